The fraction of sp³-hybridized carbons (Fsp3) is 0.286. The van der Waals surface area contributed by atoms with Gasteiger partial charge in [0, 0.05) is 12.1 Å². The Hall–Kier alpha value is -2.95. The molecule has 26 heavy (non-hydrogen) atoms. The first-order valence-electron chi connectivity index (χ1n) is 8.45. The van der Waals surface area contributed by atoms with Gasteiger partial charge in [0.15, 0.2) is 0 Å². The Balaban J connectivity index is 2.08. The minimum atomic E-state index is -0.243. The summed E-state index contributed by atoms with van der Waals surface area (Å²) in [5, 5.41) is 2.85. The van der Waals surface area contributed by atoms with E-state index in [0.717, 1.165) is 5.56 Å². The zero-order valence-electron chi connectivity index (χ0n) is 15.6. The lowest BCUT2D eigenvalue weighted by Gasteiger charge is -2.13. The smallest absolute Gasteiger partial charge is 0.248 e. The van der Waals surface area contributed by atoms with E-state index in [1.807, 2.05) is 36.4 Å². The molecule has 0 radical (unpaired) electrons. The van der Waals surface area contributed by atoms with Crippen LogP contribution < -0.4 is 19.5 Å². The average Bonchev–Trinajstić information content (AvgIpc) is 2.65. The van der Waals surface area contributed by atoms with Gasteiger partial charge in [-0.15, -0.1) is 0 Å². The molecule has 5 heteroatoms. The summed E-state index contributed by atoms with van der Waals surface area (Å²) in [6.45, 7) is 4.74. The second-order valence-electron chi connectivity index (χ2n) is 6.17. The molecule has 0 aromatic heterocycles. The Morgan fingerprint density at radius 1 is 1.08 bits per heavy atom. The van der Waals surface area contributed by atoms with Crippen molar-refractivity contribution >= 4 is 17.7 Å². The molecule has 0 fully saturated rings. The highest BCUT2D eigenvalue weighted by Gasteiger charge is 2.07. The van der Waals surface area contributed by atoms with Crippen LogP contribution in [-0.2, 0) is 4.79 Å². The molecule has 1 N–H and O–H groups in total. The molecule has 0 aliphatic heterocycles. The van der Waals surface area contributed by atoms with E-state index in [4.69, 9.17) is 14.2 Å². The molecule has 0 saturated carbocycles. The summed E-state index contributed by atoms with van der Waals surface area (Å²) in [5.74, 6) is 2.15. The molecule has 0 bridgehead atoms. The molecule has 0 spiro atoms. The molecule has 2 rings (SSSR count). The second-order valence-corrected chi connectivity index (χ2v) is 6.17. The van der Waals surface area contributed by atoms with Gasteiger partial charge in [0.25, 0.3) is 0 Å². The number of hydrogen-bond donors (Lipinski definition) is 1. The summed E-state index contributed by atoms with van der Waals surface area (Å²) >= 11 is 0. The van der Waals surface area contributed by atoms with Crippen molar-refractivity contribution in [3.63, 3.8) is 0 Å². The topological polar surface area (TPSA) is 56.8 Å². The van der Waals surface area contributed by atoms with Crippen molar-refractivity contribution in [1.29, 1.82) is 0 Å². The van der Waals surface area contributed by atoms with Crippen molar-refractivity contribution in [2.45, 2.75) is 13.8 Å². The van der Waals surface area contributed by atoms with Crippen LogP contribution in [0.15, 0.2) is 48.5 Å². The summed E-state index contributed by atoms with van der Waals surface area (Å²) < 4.78 is 16.2. The van der Waals surface area contributed by atoms with Crippen LogP contribution in [0.2, 0.25) is 0 Å². The summed E-state index contributed by atoms with van der Waals surface area (Å²) in [6.07, 6.45) is 3.17. The Labute approximate surface area is 154 Å². The molecular weight excluding hydrogens is 330 g/mol. The highest BCUT2D eigenvalue weighted by atomic mass is 16.5. The fourth-order valence-electron chi connectivity index (χ4n) is 2.22. The van der Waals surface area contributed by atoms with Gasteiger partial charge < -0.3 is 19.5 Å². The third-order valence-electron chi connectivity index (χ3n) is 3.52. The lowest BCUT2D eigenvalue weighted by atomic mass is 10.2. The van der Waals surface area contributed by atoms with E-state index in [-0.39, 0.29) is 5.91 Å². The van der Waals surface area contributed by atoms with Crippen LogP contribution >= 0.6 is 0 Å². The number of nitrogens with one attached hydrogen (secondary N) is 1. The van der Waals surface area contributed by atoms with Crippen LogP contribution in [0.25, 0.3) is 6.08 Å². The lowest BCUT2D eigenvalue weighted by Crippen LogP contribution is -2.11. The molecule has 0 aliphatic rings. The molecule has 0 atom stereocenters. The van der Waals surface area contributed by atoms with Crippen LogP contribution in [0.3, 0.4) is 0 Å². The largest absolute Gasteiger partial charge is 0.497 e. The zero-order chi connectivity index (χ0) is 18.9. The molecule has 0 aliphatic carbocycles. The number of carbonyl (C=O) groups is 1. The third kappa shape index (κ3) is 5.84. The zero-order valence-corrected chi connectivity index (χ0v) is 15.6. The maximum atomic E-state index is 12.3. The Morgan fingerprint density at radius 2 is 1.73 bits per heavy atom. The van der Waals surface area contributed by atoms with E-state index in [0.29, 0.717) is 35.5 Å². The predicted octanol–water partition coefficient (Wildman–Crippen LogP) is 4.39. The van der Waals surface area contributed by atoms with E-state index >= 15 is 0 Å². The van der Waals surface area contributed by atoms with E-state index < -0.39 is 0 Å². The second kappa shape index (κ2) is 9.51. The quantitative estimate of drug-likeness (QED) is 0.714. The Morgan fingerprint density at radius 3 is 2.35 bits per heavy atom. The minimum absolute atomic E-state index is 0.243. The maximum absolute atomic E-state index is 12.3. The van der Waals surface area contributed by atoms with Crippen LogP contribution in [0.1, 0.15) is 19.4 Å². The molecule has 0 heterocycles. The summed E-state index contributed by atoms with van der Waals surface area (Å²) in [6, 6.07) is 12.8. The number of amides is 1. The Kier molecular flexibility index (Phi) is 7.09. The number of methoxy groups -OCH3 is 2. The number of para-hydroxylation sites is 2. The number of carbonyl (C=O) groups excluding carboxylic acids is 1. The normalized spacial score (nSPS) is 10.8. The lowest BCUT2D eigenvalue weighted by molar-refractivity contribution is -0.111. The number of rotatable bonds is 8. The molecular formula is C21H25NO4. The van der Waals surface area contributed by atoms with Crippen molar-refractivity contribution in [1.82, 2.24) is 0 Å². The van der Waals surface area contributed by atoms with Crippen molar-refractivity contribution in [3.05, 3.63) is 54.1 Å². The average molecular weight is 355 g/mol. The van der Waals surface area contributed by atoms with Gasteiger partial charge in [-0.25, -0.2) is 0 Å². The van der Waals surface area contributed by atoms with Gasteiger partial charge in [-0.3, -0.25) is 4.79 Å². The van der Waals surface area contributed by atoms with Crippen LogP contribution in [0.5, 0.6) is 17.2 Å². The molecule has 138 valence electrons. The van der Waals surface area contributed by atoms with Crippen molar-refractivity contribution in [2.75, 3.05) is 26.1 Å². The van der Waals surface area contributed by atoms with E-state index in [9.17, 15) is 4.79 Å². The molecule has 2 aromatic carbocycles. The van der Waals surface area contributed by atoms with Gasteiger partial charge in [0.2, 0.25) is 5.91 Å². The van der Waals surface area contributed by atoms with Gasteiger partial charge in [0.1, 0.15) is 17.2 Å². The number of benzene rings is 2. The molecule has 1 amide bonds. The van der Waals surface area contributed by atoms with Gasteiger partial charge in [-0.2, -0.15) is 0 Å². The van der Waals surface area contributed by atoms with Gasteiger partial charge in [0.05, 0.1) is 26.5 Å². The maximum Gasteiger partial charge on any atom is 0.248 e. The Bertz CT molecular complexity index is 746. The summed E-state index contributed by atoms with van der Waals surface area (Å²) in [5.41, 5.74) is 1.45. The predicted molar refractivity (Wildman–Crippen MR) is 104 cm³/mol. The van der Waals surface area contributed by atoms with Crippen LogP contribution in [-0.4, -0.2) is 26.7 Å². The first-order valence-corrected chi connectivity index (χ1v) is 8.45. The number of ether oxygens (including phenoxy) is 3. The summed E-state index contributed by atoms with van der Waals surface area (Å²) in [7, 11) is 3.17. The van der Waals surface area contributed by atoms with Gasteiger partial charge in [-0.05, 0) is 41.8 Å². The fourth-order valence-corrected chi connectivity index (χ4v) is 2.22. The minimum Gasteiger partial charge on any atom is -0.497 e. The van der Waals surface area contributed by atoms with Gasteiger partial charge >= 0.3 is 0 Å². The summed E-state index contributed by atoms with van der Waals surface area (Å²) in [4.78, 5) is 12.3. The van der Waals surface area contributed by atoms with Gasteiger partial charge in [-0.1, -0.05) is 26.0 Å². The monoisotopic (exact) mass is 355 g/mol. The van der Waals surface area contributed by atoms with Crippen molar-refractivity contribution < 1.29 is 19.0 Å². The first kappa shape index (κ1) is 19.4. The van der Waals surface area contributed by atoms with Crippen molar-refractivity contribution in [3.8, 4) is 17.2 Å². The number of anilines is 1. The standard InChI is InChI=1S/C21H25NO4/c1-15(2)14-26-20-8-6-5-7-19(20)22-21(23)10-9-16-11-17(24-3)13-18(12-16)25-4/h5-13,15H,14H2,1-4H3,(H,22,23)/b10-9+. The van der Waals surface area contributed by atoms with E-state index in [2.05, 4.69) is 19.2 Å². The number of hydrogen-bond acceptors (Lipinski definition) is 4. The van der Waals surface area contributed by atoms with E-state index in [1.54, 1.807) is 26.4 Å². The van der Waals surface area contributed by atoms with Crippen LogP contribution in [0, 0.1) is 5.92 Å². The SMILES string of the molecule is COc1cc(/C=C/C(=O)Nc2ccccc2OCC(C)C)cc(OC)c1. The van der Waals surface area contributed by atoms with Crippen molar-refractivity contribution in [2.24, 2.45) is 5.92 Å². The van der Waals surface area contributed by atoms with Crippen LogP contribution in [0.4, 0.5) is 5.69 Å². The highest BCUT2D eigenvalue weighted by Crippen LogP contribution is 2.25. The molecule has 5 nitrogen and oxygen atoms in total. The third-order valence-corrected chi connectivity index (χ3v) is 3.52. The van der Waals surface area contributed by atoms with E-state index in [1.165, 1.54) is 6.08 Å². The highest BCUT2D eigenvalue weighted by molar-refractivity contribution is 6.02. The molecule has 0 unspecified atom stereocenters. The molecule has 2 aromatic rings. The first-order chi connectivity index (χ1) is 12.5. The molecule has 0 saturated heterocycles.